The van der Waals surface area contributed by atoms with Crippen LogP contribution < -0.4 is 0 Å². The van der Waals surface area contributed by atoms with E-state index in [1.165, 1.54) is 89.9 Å². The summed E-state index contributed by atoms with van der Waals surface area (Å²) < 4.78 is 0. The molecule has 2 heterocycles. The Kier molecular flexibility index (Phi) is 11.8. The van der Waals surface area contributed by atoms with Crippen molar-refractivity contribution >= 4 is 35.1 Å². The van der Waals surface area contributed by atoms with Gasteiger partial charge in [-0.1, -0.05) is 84.1 Å². The van der Waals surface area contributed by atoms with Crippen LogP contribution in [0.25, 0.3) is 4.91 Å². The smallest absolute Gasteiger partial charge is 0.0434 e. The van der Waals surface area contributed by atoms with Gasteiger partial charge in [0.05, 0.1) is 0 Å². The minimum Gasteiger partial charge on any atom is -0.164 e. The van der Waals surface area contributed by atoms with E-state index in [0.29, 0.717) is 9.89 Å². The number of unbranched alkanes of at least 4 members (excludes halogenated alkanes) is 10. The lowest BCUT2D eigenvalue weighted by Gasteiger charge is -2.11. The molecule has 1 aromatic rings. The maximum absolute atomic E-state index is 2.47. The van der Waals surface area contributed by atoms with Crippen molar-refractivity contribution in [1.29, 1.82) is 0 Å². The Morgan fingerprint density at radius 2 is 1.41 bits per heavy atom. The highest BCUT2D eigenvalue weighted by Crippen LogP contribution is 2.46. The lowest BCUT2D eigenvalue weighted by molar-refractivity contribution is 0.607. The van der Waals surface area contributed by atoms with Gasteiger partial charge in [0.25, 0.3) is 0 Å². The average Bonchev–Trinajstić information content (AvgIpc) is 3.27. The Morgan fingerprint density at radius 3 is 2.07 bits per heavy atom. The summed E-state index contributed by atoms with van der Waals surface area (Å²) >= 11 is 1.99. The van der Waals surface area contributed by atoms with Crippen LogP contribution in [0.3, 0.4) is 0 Å². The maximum Gasteiger partial charge on any atom is 0.0434 e. The summed E-state index contributed by atoms with van der Waals surface area (Å²) in [5.74, 6) is 0. The minimum atomic E-state index is 0.335. The zero-order valence-electron chi connectivity index (χ0n) is 17.7. The molecule has 152 valence electrons. The van der Waals surface area contributed by atoms with Crippen LogP contribution in [0.4, 0.5) is 0 Å². The van der Waals surface area contributed by atoms with E-state index in [4.69, 9.17) is 0 Å². The third kappa shape index (κ3) is 7.95. The highest BCUT2D eigenvalue weighted by molar-refractivity contribution is 8.28. The van der Waals surface area contributed by atoms with Crippen LogP contribution in [0, 0.1) is 0 Å². The van der Waals surface area contributed by atoms with E-state index in [9.17, 15) is 0 Å². The molecule has 0 aliphatic carbocycles. The van der Waals surface area contributed by atoms with Gasteiger partial charge in [-0.15, -0.1) is 11.3 Å². The van der Waals surface area contributed by atoms with Crippen molar-refractivity contribution in [3.8, 4) is 0 Å². The molecule has 1 aliphatic rings. The Bertz CT molecular complexity index is 624. The first kappa shape index (κ1) is 23.0. The molecule has 27 heavy (non-hydrogen) atoms. The van der Waals surface area contributed by atoms with Crippen molar-refractivity contribution in [2.75, 3.05) is 0 Å². The molecular weight excluding hydrogens is 380 g/mol. The second-order valence-corrected chi connectivity index (χ2v) is 12.2. The molecule has 0 aromatic carbocycles. The molecule has 0 saturated carbocycles. The standard InChI is InChI=1S/C24H40S2Si/c1-3-5-7-9-11-13-15-21-17-19-25-23(21)24-22(18-20-26(24)27)16-14-12-10-8-6-4-2/h17-20H,3-16,27H2,1-2H3. The summed E-state index contributed by atoms with van der Waals surface area (Å²) in [6.07, 6.45) is 21.7. The second kappa shape index (κ2) is 13.8. The van der Waals surface area contributed by atoms with E-state index in [-0.39, 0.29) is 0 Å². The Morgan fingerprint density at radius 1 is 0.815 bits per heavy atom. The van der Waals surface area contributed by atoms with Crippen molar-refractivity contribution < 1.29 is 0 Å². The molecule has 3 heteroatoms. The van der Waals surface area contributed by atoms with Gasteiger partial charge in [-0.3, -0.25) is 0 Å². The fourth-order valence-corrected chi connectivity index (χ4v) is 8.19. The number of hydrogen-bond acceptors (Lipinski definition) is 1. The van der Waals surface area contributed by atoms with E-state index < -0.39 is 0 Å². The molecule has 0 N–H and O–H groups in total. The predicted molar refractivity (Wildman–Crippen MR) is 132 cm³/mol. The highest BCUT2D eigenvalue weighted by atomic mass is 32.3. The van der Waals surface area contributed by atoms with Crippen LogP contribution in [0.1, 0.15) is 108 Å². The molecule has 1 atom stereocenters. The van der Waals surface area contributed by atoms with Crippen molar-refractivity contribution in [3.05, 3.63) is 38.9 Å². The van der Waals surface area contributed by atoms with Crippen LogP contribution in [0.5, 0.6) is 0 Å². The molecule has 0 bridgehead atoms. The number of thiophene rings is 1. The molecule has 0 nitrogen and oxygen atoms in total. The van der Waals surface area contributed by atoms with E-state index in [1.54, 1.807) is 20.9 Å². The molecular formula is C24H40S2Si. The minimum absolute atomic E-state index is 0.335. The van der Waals surface area contributed by atoms with Gasteiger partial charge < -0.3 is 0 Å². The van der Waals surface area contributed by atoms with Crippen LogP contribution >= 0.6 is 21.2 Å². The van der Waals surface area contributed by atoms with Gasteiger partial charge in [-0.05, 0) is 53.7 Å². The number of hydrogen-bond donors (Lipinski definition) is 0. The Labute approximate surface area is 177 Å². The van der Waals surface area contributed by atoms with Crippen LogP contribution in [-0.4, -0.2) is 8.95 Å². The first-order valence-electron chi connectivity index (χ1n) is 11.3. The maximum atomic E-state index is 2.47. The molecule has 0 fully saturated rings. The lowest BCUT2D eigenvalue weighted by atomic mass is 10.0. The normalized spacial score (nSPS) is 16.6. The number of allylic oxidation sites excluding steroid dienone is 2. The van der Waals surface area contributed by atoms with E-state index in [2.05, 4.69) is 45.7 Å². The Hall–Kier alpha value is -0.253. The van der Waals surface area contributed by atoms with Crippen molar-refractivity contribution in [2.24, 2.45) is 0 Å². The topological polar surface area (TPSA) is 0 Å². The van der Waals surface area contributed by atoms with Gasteiger partial charge in [0, 0.05) is 18.7 Å². The summed E-state index contributed by atoms with van der Waals surface area (Å²) in [7, 11) is 2.52. The summed E-state index contributed by atoms with van der Waals surface area (Å²) in [5, 5.41) is 4.80. The molecule has 2 rings (SSSR count). The van der Waals surface area contributed by atoms with Gasteiger partial charge in [0.15, 0.2) is 0 Å². The molecule has 0 radical (unpaired) electrons. The van der Waals surface area contributed by atoms with Crippen molar-refractivity contribution in [2.45, 2.75) is 104 Å². The fourth-order valence-electron chi connectivity index (χ4n) is 3.86. The summed E-state index contributed by atoms with van der Waals surface area (Å²) in [4.78, 5) is 3.31. The molecule has 1 aliphatic heterocycles. The van der Waals surface area contributed by atoms with E-state index in [0.717, 1.165) is 0 Å². The Balaban J connectivity index is 1.88. The predicted octanol–water partition coefficient (Wildman–Crippen LogP) is 8.46. The number of rotatable bonds is 15. The van der Waals surface area contributed by atoms with Gasteiger partial charge in [-0.2, -0.15) is 9.89 Å². The van der Waals surface area contributed by atoms with Crippen LogP contribution in [0.2, 0.25) is 0 Å². The molecule has 0 saturated heterocycles. The largest absolute Gasteiger partial charge is 0.164 e. The van der Waals surface area contributed by atoms with E-state index >= 15 is 0 Å². The van der Waals surface area contributed by atoms with Gasteiger partial charge in [0.2, 0.25) is 0 Å². The third-order valence-corrected chi connectivity index (χ3v) is 9.54. The molecule has 0 amide bonds. The lowest BCUT2D eigenvalue weighted by Crippen LogP contribution is -1.91. The molecule has 1 unspecified atom stereocenters. The highest BCUT2D eigenvalue weighted by Gasteiger charge is 2.17. The third-order valence-electron chi connectivity index (χ3n) is 5.54. The molecule has 1 aromatic heterocycles. The quantitative estimate of drug-likeness (QED) is 0.197. The van der Waals surface area contributed by atoms with Gasteiger partial charge >= 0.3 is 0 Å². The van der Waals surface area contributed by atoms with Crippen LogP contribution in [-0.2, 0) is 6.42 Å². The zero-order valence-corrected chi connectivity index (χ0v) is 20.8. The number of aryl methyl sites for hydroxylation is 1. The molecule has 0 spiro atoms. The monoisotopic (exact) mass is 420 g/mol. The van der Waals surface area contributed by atoms with Crippen molar-refractivity contribution in [3.63, 3.8) is 0 Å². The summed E-state index contributed by atoms with van der Waals surface area (Å²) in [6, 6.07) is 2.40. The van der Waals surface area contributed by atoms with E-state index in [1.807, 2.05) is 11.3 Å². The van der Waals surface area contributed by atoms with Gasteiger partial charge in [0.1, 0.15) is 0 Å². The fraction of sp³-hybridized carbons (Fsp3) is 0.667. The van der Waals surface area contributed by atoms with Gasteiger partial charge in [-0.25, -0.2) is 0 Å². The average molecular weight is 421 g/mol. The second-order valence-electron chi connectivity index (χ2n) is 7.90. The first-order valence-corrected chi connectivity index (χ1v) is 15.4. The van der Waals surface area contributed by atoms with Crippen LogP contribution in [0.15, 0.2) is 28.5 Å². The summed E-state index contributed by atoms with van der Waals surface area (Å²) in [6.45, 7) is 4.60. The van der Waals surface area contributed by atoms with Crippen molar-refractivity contribution in [1.82, 2.24) is 0 Å². The first-order chi connectivity index (χ1) is 13.3. The SMILES string of the molecule is CCCCCCCCC1=C(c2sccc2CCCCCCCC)S(=[SiH2])C=C1. The zero-order chi connectivity index (χ0) is 19.3. The summed E-state index contributed by atoms with van der Waals surface area (Å²) in [5.41, 5.74) is 3.27.